The van der Waals surface area contributed by atoms with Crippen LogP contribution in [0.2, 0.25) is 10.0 Å². The standard InChI is InChI=1S/C11H11Cl2NO5/c1-11(2,10(15)16)5-19-9-7(12)3-6(14(17)18)4-8(9)13/h3-4H,5H2,1-2H3,(H,15,16). The number of non-ortho nitro benzene ring substituents is 1. The van der Waals surface area contributed by atoms with Gasteiger partial charge < -0.3 is 9.84 Å². The summed E-state index contributed by atoms with van der Waals surface area (Å²) in [6.45, 7) is 2.78. The number of nitro groups is 1. The third kappa shape index (κ3) is 3.71. The Bertz CT molecular complexity index is 507. The van der Waals surface area contributed by atoms with Gasteiger partial charge in [-0.2, -0.15) is 0 Å². The van der Waals surface area contributed by atoms with Gasteiger partial charge in [-0.05, 0) is 13.8 Å². The van der Waals surface area contributed by atoms with E-state index < -0.39 is 16.3 Å². The lowest BCUT2D eigenvalue weighted by Crippen LogP contribution is -2.30. The Morgan fingerprint density at radius 3 is 2.26 bits per heavy atom. The van der Waals surface area contributed by atoms with Gasteiger partial charge in [0, 0.05) is 12.1 Å². The molecule has 0 unspecified atom stereocenters. The van der Waals surface area contributed by atoms with Crippen LogP contribution in [0.1, 0.15) is 13.8 Å². The second-order valence-electron chi connectivity index (χ2n) is 4.47. The van der Waals surface area contributed by atoms with Crippen LogP contribution in [0, 0.1) is 15.5 Å². The molecule has 0 fully saturated rings. The van der Waals surface area contributed by atoms with Crippen LogP contribution in [0.25, 0.3) is 0 Å². The zero-order chi connectivity index (χ0) is 14.8. The average molecular weight is 308 g/mol. The van der Waals surface area contributed by atoms with Gasteiger partial charge in [0.1, 0.15) is 6.61 Å². The molecule has 19 heavy (non-hydrogen) atoms. The van der Waals surface area contributed by atoms with Gasteiger partial charge in [-0.3, -0.25) is 14.9 Å². The maximum atomic E-state index is 10.9. The molecule has 0 radical (unpaired) electrons. The van der Waals surface area contributed by atoms with E-state index in [1.54, 1.807) is 0 Å². The molecular weight excluding hydrogens is 297 g/mol. The Labute approximate surface area is 119 Å². The molecule has 1 aromatic rings. The van der Waals surface area contributed by atoms with Crippen LogP contribution in [0.3, 0.4) is 0 Å². The minimum atomic E-state index is -1.13. The number of hydrogen-bond acceptors (Lipinski definition) is 4. The SMILES string of the molecule is CC(C)(COc1c(Cl)cc([N+](=O)[O-])cc1Cl)C(=O)O. The van der Waals surface area contributed by atoms with E-state index in [1.807, 2.05) is 0 Å². The Balaban J connectivity index is 2.97. The molecule has 0 atom stereocenters. The number of carboxylic acid groups (broad SMARTS) is 1. The molecule has 0 spiro atoms. The highest BCUT2D eigenvalue weighted by atomic mass is 35.5. The molecule has 6 nitrogen and oxygen atoms in total. The minimum Gasteiger partial charge on any atom is -0.489 e. The summed E-state index contributed by atoms with van der Waals surface area (Å²) in [5.41, 5.74) is -1.39. The van der Waals surface area contributed by atoms with Gasteiger partial charge >= 0.3 is 5.97 Å². The Morgan fingerprint density at radius 2 is 1.89 bits per heavy atom. The maximum absolute atomic E-state index is 10.9. The summed E-state index contributed by atoms with van der Waals surface area (Å²) in [6, 6.07) is 2.19. The number of nitrogens with zero attached hydrogens (tertiary/aromatic N) is 1. The van der Waals surface area contributed by atoms with Gasteiger partial charge in [-0.1, -0.05) is 23.2 Å². The van der Waals surface area contributed by atoms with Crippen LogP contribution in [-0.4, -0.2) is 22.6 Å². The molecule has 1 aromatic carbocycles. The van der Waals surface area contributed by atoms with Gasteiger partial charge in [-0.15, -0.1) is 0 Å². The van der Waals surface area contributed by atoms with Crippen molar-refractivity contribution in [2.45, 2.75) is 13.8 Å². The van der Waals surface area contributed by atoms with Crippen LogP contribution < -0.4 is 4.74 Å². The normalized spacial score (nSPS) is 11.2. The van der Waals surface area contributed by atoms with Crippen molar-refractivity contribution in [1.82, 2.24) is 0 Å². The fourth-order valence-corrected chi connectivity index (χ4v) is 1.69. The second-order valence-corrected chi connectivity index (χ2v) is 5.29. The van der Waals surface area contributed by atoms with Gasteiger partial charge in [0.2, 0.25) is 0 Å². The molecule has 0 amide bonds. The minimum absolute atomic E-state index is 0.0308. The maximum Gasteiger partial charge on any atom is 0.312 e. The number of carboxylic acids is 1. The first-order valence-corrected chi connectivity index (χ1v) is 5.90. The monoisotopic (exact) mass is 307 g/mol. The van der Waals surface area contributed by atoms with Gasteiger partial charge in [0.25, 0.3) is 5.69 Å². The van der Waals surface area contributed by atoms with Crippen molar-refractivity contribution < 1.29 is 19.6 Å². The highest BCUT2D eigenvalue weighted by Crippen LogP contribution is 2.37. The fourth-order valence-electron chi connectivity index (χ4n) is 1.10. The summed E-state index contributed by atoms with van der Waals surface area (Å²) in [5, 5.41) is 19.4. The van der Waals surface area contributed by atoms with Crippen molar-refractivity contribution in [3.05, 3.63) is 32.3 Å². The number of ether oxygens (including phenoxy) is 1. The second kappa shape index (κ2) is 5.63. The van der Waals surface area contributed by atoms with E-state index in [9.17, 15) is 14.9 Å². The molecule has 0 aromatic heterocycles. The van der Waals surface area contributed by atoms with Crippen molar-refractivity contribution >= 4 is 34.9 Å². The lowest BCUT2D eigenvalue weighted by Gasteiger charge is -2.20. The predicted molar refractivity (Wildman–Crippen MR) is 70.0 cm³/mol. The quantitative estimate of drug-likeness (QED) is 0.665. The van der Waals surface area contributed by atoms with E-state index in [0.717, 1.165) is 12.1 Å². The van der Waals surface area contributed by atoms with Crippen molar-refractivity contribution in [1.29, 1.82) is 0 Å². The molecular formula is C11H11Cl2NO5. The Hall–Kier alpha value is -1.53. The zero-order valence-corrected chi connectivity index (χ0v) is 11.7. The molecule has 1 N–H and O–H groups in total. The van der Waals surface area contributed by atoms with Crippen LogP contribution in [0.15, 0.2) is 12.1 Å². The zero-order valence-electron chi connectivity index (χ0n) is 10.1. The van der Waals surface area contributed by atoms with E-state index in [-0.39, 0.29) is 28.1 Å². The number of carbonyl (C=O) groups is 1. The molecule has 0 saturated heterocycles. The number of aliphatic carboxylic acids is 1. The third-order valence-corrected chi connectivity index (χ3v) is 2.91. The molecule has 0 aliphatic carbocycles. The molecule has 8 heteroatoms. The van der Waals surface area contributed by atoms with Crippen LogP contribution in [0.4, 0.5) is 5.69 Å². The highest BCUT2D eigenvalue weighted by molar-refractivity contribution is 6.37. The molecule has 1 rings (SSSR count). The summed E-state index contributed by atoms with van der Waals surface area (Å²) in [4.78, 5) is 20.9. The molecule has 0 heterocycles. The van der Waals surface area contributed by atoms with E-state index in [2.05, 4.69) is 0 Å². The number of nitro benzene ring substituents is 1. The van der Waals surface area contributed by atoms with Crippen LogP contribution in [0.5, 0.6) is 5.75 Å². The molecule has 0 bridgehead atoms. The van der Waals surface area contributed by atoms with Gasteiger partial charge in [-0.25, -0.2) is 0 Å². The van der Waals surface area contributed by atoms with Crippen molar-refractivity contribution in [3.63, 3.8) is 0 Å². The molecule has 0 aliphatic rings. The first kappa shape index (κ1) is 15.5. The van der Waals surface area contributed by atoms with Crippen molar-refractivity contribution in [2.24, 2.45) is 5.41 Å². The first-order chi connectivity index (χ1) is 8.65. The third-order valence-electron chi connectivity index (χ3n) is 2.35. The number of benzene rings is 1. The Morgan fingerprint density at radius 1 is 1.42 bits per heavy atom. The molecule has 0 aliphatic heterocycles. The molecule has 104 valence electrons. The van der Waals surface area contributed by atoms with Crippen molar-refractivity contribution in [2.75, 3.05) is 6.61 Å². The van der Waals surface area contributed by atoms with Gasteiger partial charge in [0.15, 0.2) is 5.75 Å². The lowest BCUT2D eigenvalue weighted by molar-refractivity contribution is -0.384. The predicted octanol–water partition coefficient (Wildman–Crippen LogP) is 3.39. The van der Waals surface area contributed by atoms with E-state index in [4.69, 9.17) is 33.0 Å². The summed E-state index contributed by atoms with van der Waals surface area (Å²) < 4.78 is 5.26. The number of hydrogen-bond donors (Lipinski definition) is 1. The summed E-state index contributed by atoms with van der Waals surface area (Å²) >= 11 is 11.7. The number of rotatable bonds is 5. The fraction of sp³-hybridized carbons (Fsp3) is 0.364. The lowest BCUT2D eigenvalue weighted by atomic mass is 9.95. The van der Waals surface area contributed by atoms with Crippen LogP contribution in [-0.2, 0) is 4.79 Å². The van der Waals surface area contributed by atoms with E-state index in [0.29, 0.717) is 0 Å². The summed E-state index contributed by atoms with van der Waals surface area (Å²) in [6.07, 6.45) is 0. The average Bonchev–Trinajstić information content (AvgIpc) is 2.27. The van der Waals surface area contributed by atoms with E-state index in [1.165, 1.54) is 13.8 Å². The van der Waals surface area contributed by atoms with E-state index >= 15 is 0 Å². The first-order valence-electron chi connectivity index (χ1n) is 5.15. The summed E-state index contributed by atoms with van der Waals surface area (Å²) in [7, 11) is 0. The van der Waals surface area contributed by atoms with Crippen molar-refractivity contribution in [3.8, 4) is 5.75 Å². The van der Waals surface area contributed by atoms with Gasteiger partial charge in [0.05, 0.1) is 20.4 Å². The largest absolute Gasteiger partial charge is 0.489 e. The Kier molecular flexibility index (Phi) is 4.60. The smallest absolute Gasteiger partial charge is 0.312 e. The van der Waals surface area contributed by atoms with Crippen LogP contribution >= 0.6 is 23.2 Å². The molecule has 0 saturated carbocycles. The summed E-state index contributed by atoms with van der Waals surface area (Å²) in [5.74, 6) is -1.01. The topological polar surface area (TPSA) is 89.7 Å². The number of halogens is 2. The highest BCUT2D eigenvalue weighted by Gasteiger charge is 2.29.